The third kappa shape index (κ3) is 6.30. The largest absolute Gasteiger partial charge is 0.357 e. The second-order valence-electron chi connectivity index (χ2n) is 8.15. The van der Waals surface area contributed by atoms with Crippen LogP contribution >= 0.6 is 24.0 Å². The summed E-state index contributed by atoms with van der Waals surface area (Å²) in [7, 11) is -1.48. The molecule has 0 bridgehead atoms. The summed E-state index contributed by atoms with van der Waals surface area (Å²) in [6.07, 6.45) is 2.33. The van der Waals surface area contributed by atoms with Crippen molar-refractivity contribution < 1.29 is 8.42 Å². The Hall–Kier alpha value is -0.910. The summed E-state index contributed by atoms with van der Waals surface area (Å²) in [6.45, 7) is 10.1. The van der Waals surface area contributed by atoms with Crippen molar-refractivity contribution in [1.29, 1.82) is 0 Å². The van der Waals surface area contributed by atoms with Crippen molar-refractivity contribution in [2.75, 3.05) is 52.9 Å². The number of sulfonamides is 1. The molecule has 170 valence electrons. The van der Waals surface area contributed by atoms with Crippen molar-refractivity contribution in [1.82, 2.24) is 19.4 Å². The Balaban J connectivity index is 0.00000320. The van der Waals surface area contributed by atoms with Gasteiger partial charge in [-0.15, -0.1) is 24.0 Å². The zero-order valence-corrected chi connectivity index (χ0v) is 21.5. The molecule has 2 saturated heterocycles. The normalized spacial score (nSPS) is 20.1. The van der Waals surface area contributed by atoms with E-state index in [1.807, 2.05) is 19.2 Å². The molecule has 2 fully saturated rings. The van der Waals surface area contributed by atoms with E-state index < -0.39 is 10.0 Å². The fourth-order valence-electron chi connectivity index (χ4n) is 3.86. The fourth-order valence-corrected chi connectivity index (χ4v) is 5.50. The molecule has 0 aromatic heterocycles. The molecule has 0 unspecified atom stereocenters. The molecule has 1 aromatic carbocycles. The third-order valence-electron chi connectivity index (χ3n) is 5.87. The smallest absolute Gasteiger partial charge is 0.243 e. The van der Waals surface area contributed by atoms with Crippen LogP contribution < -0.4 is 5.32 Å². The number of halogens is 1. The van der Waals surface area contributed by atoms with Gasteiger partial charge in [0.15, 0.2) is 5.96 Å². The predicted molar refractivity (Wildman–Crippen MR) is 133 cm³/mol. The van der Waals surface area contributed by atoms with Crippen molar-refractivity contribution >= 4 is 40.0 Å². The summed E-state index contributed by atoms with van der Waals surface area (Å²) in [5.41, 5.74) is 0.757. The number of aliphatic imine (C=N–C) groups is 1. The predicted octanol–water partition coefficient (Wildman–Crippen LogP) is 2.44. The lowest BCUT2D eigenvalue weighted by Gasteiger charge is -2.33. The number of likely N-dealkylation sites (tertiary alicyclic amines) is 1. The summed E-state index contributed by atoms with van der Waals surface area (Å²) in [5.74, 6) is 1.63. The first-order valence-electron chi connectivity index (χ1n) is 10.7. The molecule has 2 aliphatic rings. The highest BCUT2D eigenvalue weighted by Crippen LogP contribution is 2.22. The van der Waals surface area contributed by atoms with E-state index in [9.17, 15) is 8.42 Å². The molecule has 9 heteroatoms. The minimum Gasteiger partial charge on any atom is -0.357 e. The minimum atomic E-state index is -3.51. The first-order chi connectivity index (χ1) is 13.9. The summed E-state index contributed by atoms with van der Waals surface area (Å²) in [5, 5.41) is 3.37. The van der Waals surface area contributed by atoms with Gasteiger partial charge in [0.2, 0.25) is 10.0 Å². The van der Waals surface area contributed by atoms with Gasteiger partial charge in [0.05, 0.1) is 11.4 Å². The van der Waals surface area contributed by atoms with E-state index in [0.717, 1.165) is 50.2 Å². The number of likely N-dealkylation sites (N-methyl/N-ethyl adjacent to an activating group) is 1. The second-order valence-corrected chi connectivity index (χ2v) is 10.1. The highest BCUT2D eigenvalue weighted by molar-refractivity contribution is 14.0. The van der Waals surface area contributed by atoms with Crippen molar-refractivity contribution in [3.05, 3.63) is 29.8 Å². The van der Waals surface area contributed by atoms with E-state index in [-0.39, 0.29) is 24.0 Å². The Morgan fingerprint density at radius 1 is 1.10 bits per heavy atom. The van der Waals surface area contributed by atoms with Crippen LogP contribution in [0.1, 0.15) is 32.3 Å². The topological polar surface area (TPSA) is 68.2 Å². The molecule has 3 rings (SSSR count). The summed E-state index contributed by atoms with van der Waals surface area (Å²) in [4.78, 5) is 9.64. The monoisotopic (exact) mass is 549 g/mol. The van der Waals surface area contributed by atoms with E-state index in [1.54, 1.807) is 16.4 Å². The van der Waals surface area contributed by atoms with Crippen LogP contribution in [0, 0.1) is 5.92 Å². The Bertz CT molecular complexity index is 801. The molecule has 0 atom stereocenters. The Labute approximate surface area is 199 Å². The first kappa shape index (κ1) is 25.4. The number of rotatable bonds is 5. The quantitative estimate of drug-likeness (QED) is 0.347. The molecular weight excluding hydrogens is 513 g/mol. The molecule has 2 heterocycles. The van der Waals surface area contributed by atoms with Gasteiger partial charge in [-0.1, -0.05) is 25.1 Å². The zero-order chi connectivity index (χ0) is 20.9. The van der Waals surface area contributed by atoms with Gasteiger partial charge in [0.1, 0.15) is 0 Å². The van der Waals surface area contributed by atoms with E-state index in [2.05, 4.69) is 29.0 Å². The number of nitrogens with zero attached hydrogens (tertiary/aromatic N) is 4. The molecule has 1 aromatic rings. The average Bonchev–Trinajstić information content (AvgIpc) is 2.72. The van der Waals surface area contributed by atoms with Crippen molar-refractivity contribution in [3.8, 4) is 0 Å². The van der Waals surface area contributed by atoms with Gasteiger partial charge in [0.25, 0.3) is 0 Å². The van der Waals surface area contributed by atoms with E-state index in [1.165, 1.54) is 12.8 Å². The van der Waals surface area contributed by atoms with Crippen molar-refractivity contribution in [3.63, 3.8) is 0 Å². The highest BCUT2D eigenvalue weighted by atomic mass is 127. The van der Waals surface area contributed by atoms with Crippen LogP contribution in [-0.2, 0) is 16.6 Å². The molecule has 2 aliphatic heterocycles. The van der Waals surface area contributed by atoms with Crippen molar-refractivity contribution in [2.24, 2.45) is 10.9 Å². The molecule has 0 spiro atoms. The maximum Gasteiger partial charge on any atom is 0.243 e. The third-order valence-corrected chi connectivity index (χ3v) is 7.87. The average molecular weight is 550 g/mol. The van der Waals surface area contributed by atoms with Crippen LogP contribution in [0.25, 0.3) is 0 Å². The SMILES string of the molecule is CCNC(=NCc1ccccc1S(=O)(=O)N1CCN(C)CC1)N1CCC(C)CC1.I. The van der Waals surface area contributed by atoms with Crippen LogP contribution in [-0.4, -0.2) is 81.3 Å². The maximum absolute atomic E-state index is 13.3. The second kappa shape index (κ2) is 11.6. The molecule has 30 heavy (non-hydrogen) atoms. The van der Waals surface area contributed by atoms with Crippen LogP contribution in [0.15, 0.2) is 34.2 Å². The lowest BCUT2D eigenvalue weighted by molar-refractivity contribution is 0.222. The molecule has 0 amide bonds. The Kier molecular flexibility index (Phi) is 9.83. The summed E-state index contributed by atoms with van der Waals surface area (Å²) >= 11 is 0. The van der Waals surface area contributed by atoms with Gasteiger partial charge in [-0.2, -0.15) is 4.31 Å². The number of hydrogen-bond donors (Lipinski definition) is 1. The Morgan fingerprint density at radius 3 is 2.37 bits per heavy atom. The van der Waals surface area contributed by atoms with Crippen LogP contribution in [0.3, 0.4) is 0 Å². The fraction of sp³-hybridized carbons (Fsp3) is 0.667. The van der Waals surface area contributed by atoms with E-state index >= 15 is 0 Å². The van der Waals surface area contributed by atoms with Gasteiger partial charge in [-0.05, 0) is 44.4 Å². The number of nitrogens with one attached hydrogen (secondary N) is 1. The minimum absolute atomic E-state index is 0. The highest BCUT2D eigenvalue weighted by Gasteiger charge is 2.29. The summed E-state index contributed by atoms with van der Waals surface area (Å²) < 4.78 is 28.1. The van der Waals surface area contributed by atoms with E-state index in [4.69, 9.17) is 4.99 Å². The molecule has 7 nitrogen and oxygen atoms in total. The number of benzene rings is 1. The van der Waals surface area contributed by atoms with E-state index in [0.29, 0.717) is 24.5 Å². The Morgan fingerprint density at radius 2 is 1.73 bits per heavy atom. The number of piperazine rings is 1. The lowest BCUT2D eigenvalue weighted by atomic mass is 10.00. The molecule has 1 N–H and O–H groups in total. The number of guanidine groups is 1. The summed E-state index contributed by atoms with van der Waals surface area (Å²) in [6, 6.07) is 7.29. The lowest BCUT2D eigenvalue weighted by Crippen LogP contribution is -2.47. The van der Waals surface area contributed by atoms with Crippen LogP contribution in [0.5, 0.6) is 0 Å². The number of piperidine rings is 1. The van der Waals surface area contributed by atoms with Crippen LogP contribution in [0.2, 0.25) is 0 Å². The van der Waals surface area contributed by atoms with Crippen LogP contribution in [0.4, 0.5) is 0 Å². The molecule has 0 aliphatic carbocycles. The van der Waals surface area contributed by atoms with Crippen molar-refractivity contribution in [2.45, 2.75) is 38.1 Å². The molecule has 0 radical (unpaired) electrons. The maximum atomic E-state index is 13.3. The standard InChI is InChI=1S/C21H35N5O2S.HI/c1-4-22-21(25-11-9-18(2)10-12-25)23-17-19-7-5-6-8-20(19)29(27,28)26-15-13-24(3)14-16-26;/h5-8,18H,4,9-17H2,1-3H3,(H,22,23);1H. The zero-order valence-electron chi connectivity index (χ0n) is 18.4. The van der Waals surface area contributed by atoms with Gasteiger partial charge >= 0.3 is 0 Å². The molecule has 0 saturated carbocycles. The molecular formula is C21H36IN5O2S. The van der Waals surface area contributed by atoms with Gasteiger partial charge in [-0.3, -0.25) is 0 Å². The van der Waals surface area contributed by atoms with Gasteiger partial charge < -0.3 is 15.1 Å². The first-order valence-corrected chi connectivity index (χ1v) is 12.2. The van der Waals surface area contributed by atoms with Gasteiger partial charge in [-0.25, -0.2) is 13.4 Å². The van der Waals surface area contributed by atoms with Gasteiger partial charge in [0, 0.05) is 45.8 Å². The number of hydrogen-bond acceptors (Lipinski definition) is 4.